The summed E-state index contributed by atoms with van der Waals surface area (Å²) >= 11 is -1.91. The van der Waals surface area contributed by atoms with Crippen LogP contribution in [0.4, 0.5) is 4.79 Å². The van der Waals surface area contributed by atoms with E-state index in [9.17, 15) is 13.6 Å². The molecule has 2 unspecified atom stereocenters. The number of carbonyl (C=O) groups excluding carboxylic acids is 1. The first kappa shape index (κ1) is 20.9. The number of piperazine rings is 1. The molecule has 1 fully saturated rings. The third kappa shape index (κ3) is 6.37. The standard InChI is InChI=1S/C19H30N2O4S/c1-15(26(23)24)12-17-14-20(13-16-8-6-5-7-9-16)10-11-21(17)18(22)25-19(2,3)4/h5-9,15,17H,10-14H2,1-4H3,(H,23,24)/t15?,17-/m0/s1. The number of benzene rings is 1. The Morgan fingerprint density at radius 1 is 1.31 bits per heavy atom. The van der Waals surface area contributed by atoms with E-state index in [1.807, 2.05) is 39.0 Å². The Morgan fingerprint density at radius 2 is 1.96 bits per heavy atom. The van der Waals surface area contributed by atoms with Crippen LogP contribution in [0.3, 0.4) is 0 Å². The molecule has 26 heavy (non-hydrogen) atoms. The molecule has 1 heterocycles. The van der Waals surface area contributed by atoms with E-state index in [4.69, 9.17) is 4.74 Å². The van der Waals surface area contributed by atoms with Gasteiger partial charge in [-0.2, -0.15) is 0 Å². The summed E-state index contributed by atoms with van der Waals surface area (Å²) in [6.45, 7) is 10.0. The van der Waals surface area contributed by atoms with Gasteiger partial charge in [0.25, 0.3) is 0 Å². The Balaban J connectivity index is 2.08. The first-order chi connectivity index (χ1) is 12.2. The summed E-state index contributed by atoms with van der Waals surface area (Å²) < 4.78 is 26.3. The van der Waals surface area contributed by atoms with E-state index in [-0.39, 0.29) is 12.1 Å². The van der Waals surface area contributed by atoms with Crippen LogP contribution in [0.25, 0.3) is 0 Å². The number of nitrogens with zero attached hydrogens (tertiary/aromatic N) is 2. The van der Waals surface area contributed by atoms with Crippen LogP contribution in [0, 0.1) is 0 Å². The van der Waals surface area contributed by atoms with Crippen molar-refractivity contribution in [1.29, 1.82) is 0 Å². The minimum Gasteiger partial charge on any atom is -0.444 e. The zero-order valence-electron chi connectivity index (χ0n) is 16.1. The third-order valence-electron chi connectivity index (χ3n) is 4.39. The van der Waals surface area contributed by atoms with E-state index < -0.39 is 21.9 Å². The molecule has 0 spiro atoms. The number of hydrogen-bond acceptors (Lipinski definition) is 4. The first-order valence-electron chi connectivity index (χ1n) is 9.01. The van der Waals surface area contributed by atoms with Crippen LogP contribution in [0.5, 0.6) is 0 Å². The van der Waals surface area contributed by atoms with E-state index in [1.54, 1.807) is 11.8 Å². The average Bonchev–Trinajstić information content (AvgIpc) is 2.54. The fourth-order valence-electron chi connectivity index (χ4n) is 3.13. The van der Waals surface area contributed by atoms with Crippen LogP contribution in [-0.2, 0) is 22.4 Å². The fraction of sp³-hybridized carbons (Fsp3) is 0.632. The largest absolute Gasteiger partial charge is 0.444 e. The van der Waals surface area contributed by atoms with Gasteiger partial charge in [-0.05, 0) is 39.7 Å². The van der Waals surface area contributed by atoms with Gasteiger partial charge in [-0.25, -0.2) is 9.00 Å². The van der Waals surface area contributed by atoms with Crippen LogP contribution < -0.4 is 0 Å². The summed E-state index contributed by atoms with van der Waals surface area (Å²) in [5.74, 6) is 0. The number of ether oxygens (including phenoxy) is 1. The SMILES string of the molecule is CC(C[C@H]1CN(Cc2ccccc2)CCN1C(=O)OC(C)(C)C)S(=O)O. The number of amides is 1. The van der Waals surface area contributed by atoms with Crippen molar-refractivity contribution in [2.75, 3.05) is 19.6 Å². The molecule has 1 saturated heterocycles. The van der Waals surface area contributed by atoms with Gasteiger partial charge >= 0.3 is 6.09 Å². The molecule has 0 radical (unpaired) electrons. The van der Waals surface area contributed by atoms with E-state index in [0.29, 0.717) is 19.5 Å². The van der Waals surface area contributed by atoms with E-state index >= 15 is 0 Å². The average molecular weight is 383 g/mol. The van der Waals surface area contributed by atoms with Crippen LogP contribution >= 0.6 is 0 Å². The third-order valence-corrected chi connectivity index (χ3v) is 5.27. The molecular weight excluding hydrogens is 352 g/mol. The summed E-state index contributed by atoms with van der Waals surface area (Å²) in [5.41, 5.74) is 0.657. The van der Waals surface area contributed by atoms with Crippen molar-refractivity contribution in [2.45, 2.75) is 57.6 Å². The Kier molecular flexibility index (Phi) is 7.20. The molecule has 7 heteroatoms. The predicted molar refractivity (Wildman–Crippen MR) is 103 cm³/mol. The highest BCUT2D eigenvalue weighted by Gasteiger charge is 2.34. The van der Waals surface area contributed by atoms with Gasteiger partial charge in [0.05, 0.1) is 5.25 Å². The predicted octanol–water partition coefficient (Wildman–Crippen LogP) is 3.11. The van der Waals surface area contributed by atoms with Crippen LogP contribution in [0.15, 0.2) is 30.3 Å². The van der Waals surface area contributed by atoms with Crippen molar-refractivity contribution in [3.8, 4) is 0 Å². The van der Waals surface area contributed by atoms with Crippen molar-refractivity contribution in [3.05, 3.63) is 35.9 Å². The number of carbonyl (C=O) groups is 1. The molecule has 1 aliphatic rings. The molecule has 1 N–H and O–H groups in total. The van der Waals surface area contributed by atoms with Gasteiger partial charge in [-0.1, -0.05) is 30.3 Å². The van der Waals surface area contributed by atoms with Gasteiger partial charge in [0.2, 0.25) is 0 Å². The monoisotopic (exact) mass is 382 g/mol. The Morgan fingerprint density at radius 3 is 2.54 bits per heavy atom. The van der Waals surface area contributed by atoms with E-state index in [2.05, 4.69) is 17.0 Å². The second-order valence-corrected chi connectivity index (χ2v) is 9.23. The molecule has 3 atom stereocenters. The fourth-order valence-corrected chi connectivity index (χ4v) is 3.52. The molecule has 146 valence electrons. The van der Waals surface area contributed by atoms with Gasteiger partial charge in [0.1, 0.15) is 5.60 Å². The highest BCUT2D eigenvalue weighted by atomic mass is 32.2. The Hall–Kier alpha value is -1.44. The van der Waals surface area contributed by atoms with E-state index in [1.165, 1.54) is 5.56 Å². The van der Waals surface area contributed by atoms with Crippen molar-refractivity contribution in [3.63, 3.8) is 0 Å². The van der Waals surface area contributed by atoms with Crippen LogP contribution in [0.1, 0.15) is 39.7 Å². The minimum atomic E-state index is -1.91. The summed E-state index contributed by atoms with van der Waals surface area (Å²) in [4.78, 5) is 16.6. The zero-order valence-corrected chi connectivity index (χ0v) is 16.9. The number of rotatable bonds is 5. The first-order valence-corrected chi connectivity index (χ1v) is 10.2. The molecule has 2 rings (SSSR count). The summed E-state index contributed by atoms with van der Waals surface area (Å²) in [5, 5.41) is -0.401. The second kappa shape index (κ2) is 8.97. The molecular formula is C19H30N2O4S. The molecule has 6 nitrogen and oxygen atoms in total. The molecule has 1 aliphatic heterocycles. The quantitative estimate of drug-likeness (QED) is 0.793. The van der Waals surface area contributed by atoms with Gasteiger partial charge in [-0.15, -0.1) is 0 Å². The van der Waals surface area contributed by atoms with Crippen molar-refractivity contribution in [1.82, 2.24) is 9.80 Å². The lowest BCUT2D eigenvalue weighted by atomic mass is 10.1. The molecule has 1 aromatic rings. The maximum atomic E-state index is 12.6. The van der Waals surface area contributed by atoms with Gasteiger partial charge in [0.15, 0.2) is 11.1 Å². The highest BCUT2D eigenvalue weighted by molar-refractivity contribution is 7.79. The van der Waals surface area contributed by atoms with E-state index in [0.717, 1.165) is 13.1 Å². The maximum Gasteiger partial charge on any atom is 0.410 e. The summed E-state index contributed by atoms with van der Waals surface area (Å²) in [7, 11) is 0. The zero-order chi connectivity index (χ0) is 19.3. The molecule has 0 saturated carbocycles. The molecule has 1 amide bonds. The van der Waals surface area contributed by atoms with Crippen LogP contribution in [0.2, 0.25) is 0 Å². The van der Waals surface area contributed by atoms with Gasteiger partial charge in [-0.3, -0.25) is 4.90 Å². The Bertz CT molecular complexity index is 618. The molecule has 1 aromatic carbocycles. The lowest BCUT2D eigenvalue weighted by molar-refractivity contribution is -0.00375. The Labute approximate surface area is 158 Å². The lowest BCUT2D eigenvalue weighted by Crippen LogP contribution is -2.56. The molecule has 0 aromatic heterocycles. The van der Waals surface area contributed by atoms with Crippen molar-refractivity contribution >= 4 is 17.2 Å². The van der Waals surface area contributed by atoms with Gasteiger partial charge < -0.3 is 14.2 Å². The normalized spacial score (nSPS) is 21.3. The molecule has 0 aliphatic carbocycles. The summed E-state index contributed by atoms with van der Waals surface area (Å²) in [6.07, 6.45) is 0.117. The van der Waals surface area contributed by atoms with Crippen molar-refractivity contribution < 1.29 is 18.3 Å². The smallest absolute Gasteiger partial charge is 0.410 e. The number of hydrogen-bond donors (Lipinski definition) is 1. The minimum absolute atomic E-state index is 0.145. The van der Waals surface area contributed by atoms with Gasteiger partial charge in [0, 0.05) is 32.2 Å². The highest BCUT2D eigenvalue weighted by Crippen LogP contribution is 2.21. The topological polar surface area (TPSA) is 70.1 Å². The summed E-state index contributed by atoms with van der Waals surface area (Å²) in [6, 6.07) is 10.0. The van der Waals surface area contributed by atoms with Crippen molar-refractivity contribution in [2.24, 2.45) is 0 Å². The molecule has 0 bridgehead atoms. The lowest BCUT2D eigenvalue weighted by Gasteiger charge is -2.42. The maximum absolute atomic E-state index is 12.6. The second-order valence-electron chi connectivity index (χ2n) is 7.87. The van der Waals surface area contributed by atoms with Crippen LogP contribution in [-0.4, -0.2) is 61.2 Å².